The molecule has 0 spiro atoms. The van der Waals surface area contributed by atoms with Crippen LogP contribution in [0.25, 0.3) is 44.5 Å². The van der Waals surface area contributed by atoms with E-state index in [-0.39, 0.29) is 0 Å². The molecular weight excluding hydrogens is 508 g/mol. The lowest BCUT2D eigenvalue weighted by Gasteiger charge is -2.20. The summed E-state index contributed by atoms with van der Waals surface area (Å²) in [6.45, 7) is 7.78. The number of rotatable bonds is 10. The second-order valence-electron chi connectivity index (χ2n) is 8.92. The summed E-state index contributed by atoms with van der Waals surface area (Å²) in [5.74, 6) is 0. The van der Waals surface area contributed by atoms with Crippen molar-refractivity contribution < 1.29 is 13.3 Å². The van der Waals surface area contributed by atoms with Gasteiger partial charge in [-0.2, -0.15) is 0 Å². The monoisotopic (exact) mass is 545 g/mol. The molecule has 0 saturated carbocycles. The van der Waals surface area contributed by atoms with E-state index >= 15 is 0 Å². The summed E-state index contributed by atoms with van der Waals surface area (Å²) in [5, 5.41) is 0. The highest BCUT2D eigenvalue weighted by Gasteiger charge is 2.19. The van der Waals surface area contributed by atoms with E-state index in [1.54, 1.807) is 0 Å². The normalized spacial score (nSPS) is 10.7. The van der Waals surface area contributed by atoms with Gasteiger partial charge in [0.05, 0.1) is 0 Å². The van der Waals surface area contributed by atoms with Gasteiger partial charge in [0.15, 0.2) is 0 Å². The predicted octanol–water partition coefficient (Wildman–Crippen LogP) is 9.44. The highest BCUT2D eigenvalue weighted by Crippen LogP contribution is 2.45. The predicted molar refractivity (Wildman–Crippen MR) is 169 cm³/mol. The maximum atomic E-state index is 5.18. The highest BCUT2D eigenvalue weighted by atomic mass is 28.3. The van der Waals surface area contributed by atoms with Crippen molar-refractivity contribution in [3.8, 4) is 44.5 Å². The molecule has 1 radical (unpaired) electrons. The maximum Gasteiger partial charge on any atom is 0.577 e. The summed E-state index contributed by atoms with van der Waals surface area (Å²) in [4.78, 5) is 0. The Morgan fingerprint density at radius 2 is 0.650 bits per heavy atom. The van der Waals surface area contributed by atoms with Crippen molar-refractivity contribution >= 4 is 9.53 Å². The third-order valence-electron chi connectivity index (χ3n) is 6.29. The molecule has 0 unspecified atom stereocenters. The van der Waals surface area contributed by atoms with Crippen LogP contribution in [0.4, 0.5) is 0 Å². The SMILES string of the molecule is CCO[Si](OCC)OCC.c1ccc(-c2ccc(-c3ccccc3)c(-c3ccccc3)c2-c2ccccc2)cc1. The number of hydrogen-bond donors (Lipinski definition) is 0. The molecule has 5 aromatic carbocycles. The Morgan fingerprint density at radius 3 is 0.925 bits per heavy atom. The van der Waals surface area contributed by atoms with Crippen molar-refractivity contribution in [2.24, 2.45) is 0 Å². The molecule has 5 rings (SSSR count). The Hall–Kier alpha value is -3.80. The first kappa shape index (κ1) is 29.2. The Morgan fingerprint density at radius 1 is 0.375 bits per heavy atom. The van der Waals surface area contributed by atoms with E-state index in [1.165, 1.54) is 44.5 Å². The Balaban J connectivity index is 0.000000318. The fourth-order valence-electron chi connectivity index (χ4n) is 4.61. The molecular formula is C36H37O3Si. The Labute approximate surface area is 241 Å². The number of hydrogen-bond acceptors (Lipinski definition) is 3. The van der Waals surface area contributed by atoms with Crippen LogP contribution in [0.3, 0.4) is 0 Å². The van der Waals surface area contributed by atoms with Gasteiger partial charge in [-0.25, -0.2) is 0 Å². The lowest BCUT2D eigenvalue weighted by Crippen LogP contribution is -2.27. The van der Waals surface area contributed by atoms with Crippen LogP contribution in [-0.2, 0) is 13.3 Å². The van der Waals surface area contributed by atoms with Gasteiger partial charge in [0, 0.05) is 19.8 Å². The summed E-state index contributed by atoms with van der Waals surface area (Å²) in [6, 6.07) is 47.4. The fraction of sp³-hybridized carbons (Fsp3) is 0.167. The minimum absolute atomic E-state index is 0.661. The molecule has 0 saturated heterocycles. The van der Waals surface area contributed by atoms with E-state index in [0.717, 1.165) is 0 Å². The van der Waals surface area contributed by atoms with Gasteiger partial charge in [0.1, 0.15) is 0 Å². The van der Waals surface area contributed by atoms with Crippen LogP contribution in [0.5, 0.6) is 0 Å². The third-order valence-corrected chi connectivity index (χ3v) is 7.86. The molecule has 4 heteroatoms. The maximum absolute atomic E-state index is 5.18. The topological polar surface area (TPSA) is 27.7 Å². The van der Waals surface area contributed by atoms with Crippen molar-refractivity contribution in [2.75, 3.05) is 19.8 Å². The second kappa shape index (κ2) is 15.7. The van der Waals surface area contributed by atoms with Gasteiger partial charge in [0.25, 0.3) is 0 Å². The first-order valence-electron chi connectivity index (χ1n) is 13.9. The van der Waals surface area contributed by atoms with E-state index in [4.69, 9.17) is 13.3 Å². The average Bonchev–Trinajstić information content (AvgIpc) is 3.03. The average molecular weight is 546 g/mol. The lowest BCUT2D eigenvalue weighted by atomic mass is 9.83. The highest BCUT2D eigenvalue weighted by molar-refractivity contribution is 6.36. The van der Waals surface area contributed by atoms with E-state index in [1.807, 2.05) is 20.8 Å². The van der Waals surface area contributed by atoms with Crippen molar-refractivity contribution in [3.63, 3.8) is 0 Å². The summed E-state index contributed by atoms with van der Waals surface area (Å²) < 4.78 is 15.5. The summed E-state index contributed by atoms with van der Waals surface area (Å²) in [7, 11) is -1.40. The second-order valence-corrected chi connectivity index (χ2v) is 10.3. The van der Waals surface area contributed by atoms with Crippen LogP contribution in [0, 0.1) is 0 Å². The number of benzene rings is 5. The largest absolute Gasteiger partial charge is 0.577 e. The summed E-state index contributed by atoms with van der Waals surface area (Å²) in [5.41, 5.74) is 9.96. The molecule has 0 heterocycles. The molecule has 0 aliphatic carbocycles. The minimum atomic E-state index is -1.40. The lowest BCUT2D eigenvalue weighted by molar-refractivity contribution is 0.107. The van der Waals surface area contributed by atoms with E-state index < -0.39 is 9.53 Å². The van der Waals surface area contributed by atoms with Crippen molar-refractivity contribution in [2.45, 2.75) is 20.8 Å². The zero-order valence-electron chi connectivity index (χ0n) is 23.5. The van der Waals surface area contributed by atoms with E-state index in [0.29, 0.717) is 19.8 Å². The Bertz CT molecular complexity index is 1290. The molecule has 5 aromatic rings. The smallest absolute Gasteiger partial charge is 0.371 e. The molecule has 0 N–H and O–H groups in total. The molecule has 203 valence electrons. The fourth-order valence-corrected chi connectivity index (χ4v) is 5.56. The minimum Gasteiger partial charge on any atom is -0.371 e. The summed E-state index contributed by atoms with van der Waals surface area (Å²) >= 11 is 0. The standard InChI is InChI=1S/C30H22.C6H15O3Si/c1-5-13-23(14-6-1)27-21-22-28(24-15-7-2-8-16-24)30(26-19-11-4-12-20-26)29(27)25-17-9-3-10-18-25;1-4-7-10(8-5-2)9-6-3/h1-22H;4-6H2,1-3H3. The van der Waals surface area contributed by atoms with Crippen molar-refractivity contribution in [3.05, 3.63) is 133 Å². The molecule has 0 amide bonds. The van der Waals surface area contributed by atoms with Crippen LogP contribution in [0.1, 0.15) is 20.8 Å². The van der Waals surface area contributed by atoms with Gasteiger partial charge < -0.3 is 13.3 Å². The zero-order valence-corrected chi connectivity index (χ0v) is 24.5. The van der Waals surface area contributed by atoms with Crippen LogP contribution in [0.2, 0.25) is 0 Å². The Kier molecular flexibility index (Phi) is 11.5. The van der Waals surface area contributed by atoms with E-state index in [2.05, 4.69) is 133 Å². The first-order chi connectivity index (χ1) is 19.8. The molecule has 0 aromatic heterocycles. The van der Waals surface area contributed by atoms with Gasteiger partial charge in [-0.1, -0.05) is 133 Å². The van der Waals surface area contributed by atoms with Crippen LogP contribution >= 0.6 is 0 Å². The molecule has 0 fully saturated rings. The van der Waals surface area contributed by atoms with E-state index in [9.17, 15) is 0 Å². The van der Waals surface area contributed by atoms with Crippen LogP contribution < -0.4 is 0 Å². The van der Waals surface area contributed by atoms with Gasteiger partial charge in [0.2, 0.25) is 0 Å². The van der Waals surface area contributed by atoms with Crippen molar-refractivity contribution in [1.82, 2.24) is 0 Å². The van der Waals surface area contributed by atoms with Crippen LogP contribution in [-0.4, -0.2) is 29.3 Å². The molecule has 40 heavy (non-hydrogen) atoms. The van der Waals surface area contributed by atoms with Crippen LogP contribution in [0.15, 0.2) is 133 Å². The zero-order chi connectivity index (χ0) is 28.0. The molecule has 0 aliphatic rings. The van der Waals surface area contributed by atoms with Gasteiger partial charge >= 0.3 is 9.53 Å². The third kappa shape index (κ3) is 7.65. The summed E-state index contributed by atoms with van der Waals surface area (Å²) in [6.07, 6.45) is 0. The van der Waals surface area contributed by atoms with Crippen molar-refractivity contribution in [1.29, 1.82) is 0 Å². The van der Waals surface area contributed by atoms with Gasteiger partial charge in [-0.05, 0) is 65.3 Å². The molecule has 0 aliphatic heterocycles. The molecule has 3 nitrogen and oxygen atoms in total. The molecule has 0 atom stereocenters. The first-order valence-corrected chi connectivity index (χ1v) is 15.1. The van der Waals surface area contributed by atoms with Gasteiger partial charge in [-0.3, -0.25) is 0 Å². The van der Waals surface area contributed by atoms with Gasteiger partial charge in [-0.15, -0.1) is 0 Å². The quantitative estimate of drug-likeness (QED) is 0.164. The molecule has 0 bridgehead atoms.